The summed E-state index contributed by atoms with van der Waals surface area (Å²) in [7, 11) is 0. The number of esters is 1. The lowest BCUT2D eigenvalue weighted by Gasteiger charge is -2.16. The Balaban J connectivity index is 1.88. The Hall–Kier alpha value is -1.65. The first kappa shape index (κ1) is 14.8. The number of carbonyl (C=O) groups excluding carboxylic acids is 3. The van der Waals surface area contributed by atoms with Crippen molar-refractivity contribution in [2.45, 2.75) is 46.0 Å². The van der Waals surface area contributed by atoms with E-state index in [4.69, 9.17) is 4.74 Å². The maximum absolute atomic E-state index is 12.1. The fraction of sp³-hybridized carbons (Fsp3) is 0.667. The van der Waals surface area contributed by atoms with Gasteiger partial charge in [-0.2, -0.15) is 0 Å². The van der Waals surface area contributed by atoms with Crippen molar-refractivity contribution >= 4 is 17.8 Å². The van der Waals surface area contributed by atoms with Crippen molar-refractivity contribution in [1.82, 2.24) is 4.90 Å². The van der Waals surface area contributed by atoms with Crippen LogP contribution in [0.15, 0.2) is 11.1 Å². The van der Waals surface area contributed by atoms with E-state index in [0.717, 1.165) is 19.3 Å². The Kier molecular flexibility index (Phi) is 4.57. The summed E-state index contributed by atoms with van der Waals surface area (Å²) >= 11 is 0. The zero-order valence-electron chi connectivity index (χ0n) is 12.1. The van der Waals surface area contributed by atoms with E-state index in [1.54, 1.807) is 6.92 Å². The number of rotatable bonds is 5. The van der Waals surface area contributed by atoms with E-state index in [1.807, 2.05) is 6.92 Å². The minimum atomic E-state index is -0.274. The van der Waals surface area contributed by atoms with E-state index in [0.29, 0.717) is 24.0 Å². The standard InChI is InChI=1S/C15H21NO4/c1-3-10(2)15(19)20-9-8-16-13(17)11-6-4-5-7-12(11)14(16)18/h10H,3-9H2,1-2H3. The number of carbonyl (C=O) groups is 3. The third-order valence-corrected chi connectivity index (χ3v) is 4.05. The average molecular weight is 279 g/mol. The molecule has 110 valence electrons. The van der Waals surface area contributed by atoms with Gasteiger partial charge in [0.25, 0.3) is 11.8 Å². The molecule has 0 aromatic carbocycles. The van der Waals surface area contributed by atoms with E-state index in [-0.39, 0.29) is 36.9 Å². The fourth-order valence-corrected chi connectivity index (χ4v) is 2.54. The minimum absolute atomic E-state index is 0.0845. The van der Waals surface area contributed by atoms with Crippen molar-refractivity contribution in [2.24, 2.45) is 5.92 Å². The molecule has 0 radical (unpaired) electrons. The Morgan fingerprint density at radius 3 is 2.25 bits per heavy atom. The summed E-state index contributed by atoms with van der Waals surface area (Å²) in [6.07, 6.45) is 4.05. The Morgan fingerprint density at radius 1 is 1.20 bits per heavy atom. The molecule has 5 heteroatoms. The molecular weight excluding hydrogens is 258 g/mol. The Morgan fingerprint density at radius 2 is 1.75 bits per heavy atom. The van der Waals surface area contributed by atoms with Crippen LogP contribution in [0.2, 0.25) is 0 Å². The predicted octanol–water partition coefficient (Wildman–Crippen LogP) is 1.82. The summed E-state index contributed by atoms with van der Waals surface area (Å²) in [6, 6.07) is 0. The molecule has 1 heterocycles. The number of nitrogens with zero attached hydrogens (tertiary/aromatic N) is 1. The molecule has 2 aliphatic rings. The van der Waals surface area contributed by atoms with Crippen LogP contribution < -0.4 is 0 Å². The van der Waals surface area contributed by atoms with Crippen LogP contribution >= 0.6 is 0 Å². The minimum Gasteiger partial charge on any atom is -0.464 e. The van der Waals surface area contributed by atoms with Crippen LogP contribution in [0.25, 0.3) is 0 Å². The molecule has 5 nitrogen and oxygen atoms in total. The largest absolute Gasteiger partial charge is 0.464 e. The van der Waals surface area contributed by atoms with Crippen LogP contribution in [0.3, 0.4) is 0 Å². The van der Waals surface area contributed by atoms with Crippen molar-refractivity contribution in [2.75, 3.05) is 13.2 Å². The van der Waals surface area contributed by atoms with Gasteiger partial charge < -0.3 is 4.74 Å². The summed E-state index contributed by atoms with van der Waals surface area (Å²) in [6.45, 7) is 3.96. The molecular formula is C15H21NO4. The van der Waals surface area contributed by atoms with Crippen LogP contribution in [0, 0.1) is 5.92 Å². The first-order chi connectivity index (χ1) is 9.56. The lowest BCUT2D eigenvalue weighted by Crippen LogP contribution is -2.35. The summed E-state index contributed by atoms with van der Waals surface area (Å²) in [5, 5.41) is 0. The van der Waals surface area contributed by atoms with Gasteiger partial charge in [-0.3, -0.25) is 19.3 Å². The molecule has 20 heavy (non-hydrogen) atoms. The Bertz CT molecular complexity index is 438. The lowest BCUT2D eigenvalue weighted by atomic mass is 9.93. The summed E-state index contributed by atoms with van der Waals surface area (Å²) < 4.78 is 5.10. The molecule has 0 spiro atoms. The van der Waals surface area contributed by atoms with E-state index in [1.165, 1.54) is 4.90 Å². The highest BCUT2D eigenvalue weighted by Gasteiger charge is 2.38. The summed E-state index contributed by atoms with van der Waals surface area (Å²) in [4.78, 5) is 37.0. The van der Waals surface area contributed by atoms with Gasteiger partial charge in [0.05, 0.1) is 12.5 Å². The van der Waals surface area contributed by atoms with Crippen LogP contribution in [0.4, 0.5) is 0 Å². The first-order valence-electron chi connectivity index (χ1n) is 7.31. The molecule has 1 aliphatic carbocycles. The number of amides is 2. The molecule has 0 bridgehead atoms. The third kappa shape index (κ3) is 2.76. The van der Waals surface area contributed by atoms with Gasteiger partial charge in [-0.25, -0.2) is 0 Å². The van der Waals surface area contributed by atoms with Gasteiger partial charge in [-0.15, -0.1) is 0 Å². The van der Waals surface area contributed by atoms with Crippen LogP contribution in [-0.4, -0.2) is 35.8 Å². The van der Waals surface area contributed by atoms with Gasteiger partial charge in [0.15, 0.2) is 0 Å². The van der Waals surface area contributed by atoms with Gasteiger partial charge in [0.2, 0.25) is 0 Å². The van der Waals surface area contributed by atoms with Crippen LogP contribution in [-0.2, 0) is 19.1 Å². The third-order valence-electron chi connectivity index (χ3n) is 4.05. The molecule has 1 atom stereocenters. The molecule has 0 aromatic heterocycles. The number of hydrogen-bond acceptors (Lipinski definition) is 4. The zero-order chi connectivity index (χ0) is 14.7. The zero-order valence-corrected chi connectivity index (χ0v) is 12.1. The molecule has 0 fully saturated rings. The highest BCUT2D eigenvalue weighted by Crippen LogP contribution is 2.32. The second kappa shape index (κ2) is 6.20. The summed E-state index contributed by atoms with van der Waals surface area (Å²) in [5.41, 5.74) is 1.35. The van der Waals surface area contributed by atoms with Crippen molar-refractivity contribution in [3.8, 4) is 0 Å². The molecule has 0 N–H and O–H groups in total. The van der Waals surface area contributed by atoms with E-state index in [9.17, 15) is 14.4 Å². The van der Waals surface area contributed by atoms with Gasteiger partial charge in [0.1, 0.15) is 6.61 Å². The van der Waals surface area contributed by atoms with Gasteiger partial charge in [-0.05, 0) is 32.1 Å². The van der Waals surface area contributed by atoms with E-state index >= 15 is 0 Å². The second-order valence-electron chi connectivity index (χ2n) is 5.40. The van der Waals surface area contributed by atoms with Crippen molar-refractivity contribution in [3.63, 3.8) is 0 Å². The van der Waals surface area contributed by atoms with Crippen molar-refractivity contribution in [1.29, 1.82) is 0 Å². The SMILES string of the molecule is CCC(C)C(=O)OCCN1C(=O)C2=C(CCCC2)C1=O. The molecule has 2 rings (SSSR count). The smallest absolute Gasteiger partial charge is 0.308 e. The summed E-state index contributed by atoms with van der Waals surface area (Å²) in [5.74, 6) is -0.802. The van der Waals surface area contributed by atoms with Gasteiger partial charge in [-0.1, -0.05) is 13.8 Å². The fourth-order valence-electron chi connectivity index (χ4n) is 2.54. The van der Waals surface area contributed by atoms with Gasteiger partial charge in [0, 0.05) is 11.1 Å². The average Bonchev–Trinajstić information content (AvgIpc) is 2.71. The number of imide groups is 1. The second-order valence-corrected chi connectivity index (χ2v) is 5.40. The molecule has 0 aromatic rings. The number of ether oxygens (including phenoxy) is 1. The monoisotopic (exact) mass is 279 g/mol. The van der Waals surface area contributed by atoms with Crippen LogP contribution in [0.1, 0.15) is 46.0 Å². The predicted molar refractivity (Wildman–Crippen MR) is 72.6 cm³/mol. The maximum atomic E-state index is 12.1. The maximum Gasteiger partial charge on any atom is 0.308 e. The molecule has 1 aliphatic heterocycles. The first-order valence-corrected chi connectivity index (χ1v) is 7.31. The molecule has 2 amide bonds. The van der Waals surface area contributed by atoms with E-state index in [2.05, 4.69) is 0 Å². The van der Waals surface area contributed by atoms with Crippen LogP contribution in [0.5, 0.6) is 0 Å². The molecule has 0 saturated heterocycles. The number of hydrogen-bond donors (Lipinski definition) is 0. The topological polar surface area (TPSA) is 63.7 Å². The highest BCUT2D eigenvalue weighted by molar-refractivity contribution is 6.19. The molecule has 0 saturated carbocycles. The van der Waals surface area contributed by atoms with E-state index < -0.39 is 0 Å². The normalized spacial score (nSPS) is 20.2. The highest BCUT2D eigenvalue weighted by atomic mass is 16.5. The lowest BCUT2D eigenvalue weighted by molar-refractivity contribution is -0.151. The Labute approximate surface area is 119 Å². The van der Waals surface area contributed by atoms with Gasteiger partial charge >= 0.3 is 5.97 Å². The molecule has 1 unspecified atom stereocenters. The van der Waals surface area contributed by atoms with Crippen molar-refractivity contribution in [3.05, 3.63) is 11.1 Å². The van der Waals surface area contributed by atoms with Crippen molar-refractivity contribution < 1.29 is 19.1 Å². The quantitative estimate of drug-likeness (QED) is 0.569.